The number of aromatic carboxylic acids is 1. The Morgan fingerprint density at radius 3 is 2.53 bits per heavy atom. The number of thiazole rings is 1. The number of methoxy groups -OCH3 is 1. The van der Waals surface area contributed by atoms with Gasteiger partial charge >= 0.3 is 5.97 Å². The monoisotopic (exact) mass is 663 g/mol. The molecule has 0 atom stereocenters. The van der Waals surface area contributed by atoms with E-state index in [1.807, 2.05) is 38.1 Å². The zero-order valence-electron chi connectivity index (χ0n) is 21.9. The highest BCUT2D eigenvalue weighted by atomic mass is 127. The van der Waals surface area contributed by atoms with Gasteiger partial charge in [0.2, 0.25) is 5.13 Å². The Hall–Kier alpha value is -2.54. The van der Waals surface area contributed by atoms with Crippen molar-refractivity contribution in [3.8, 4) is 27.4 Å². The van der Waals surface area contributed by atoms with Crippen LogP contribution in [0.4, 0.5) is 10.9 Å². The van der Waals surface area contributed by atoms with E-state index in [0.717, 1.165) is 49.2 Å². The fourth-order valence-corrected chi connectivity index (χ4v) is 6.78. The van der Waals surface area contributed by atoms with Crippen LogP contribution in [0, 0.1) is 19.8 Å². The van der Waals surface area contributed by atoms with Crippen molar-refractivity contribution in [3.05, 3.63) is 63.5 Å². The van der Waals surface area contributed by atoms with Crippen LogP contribution in [0.15, 0.2) is 42.6 Å². The van der Waals surface area contributed by atoms with Crippen LogP contribution in [0.1, 0.15) is 39.5 Å². The third-order valence-electron chi connectivity index (χ3n) is 5.75. The molecule has 4 rings (SSSR count). The number of hydrogen-bond donors (Lipinski definition) is 1. The number of ether oxygens (including phenoxy) is 2. The second-order valence-corrected chi connectivity index (χ2v) is 12.6. The lowest BCUT2D eigenvalue weighted by molar-refractivity contribution is 0.0697. The van der Waals surface area contributed by atoms with E-state index in [1.165, 1.54) is 0 Å². The minimum atomic E-state index is -1.02. The van der Waals surface area contributed by atoms with Crippen LogP contribution in [0.2, 0.25) is 0 Å². The molecule has 0 unspecified atom stereocenters. The lowest BCUT2D eigenvalue weighted by Crippen LogP contribution is -2.10. The molecule has 10 heteroatoms. The zero-order chi connectivity index (χ0) is 27.4. The molecule has 7 nitrogen and oxygen atoms in total. The lowest BCUT2D eigenvalue weighted by atomic mass is 10.0. The van der Waals surface area contributed by atoms with Crippen molar-refractivity contribution in [1.29, 1.82) is 0 Å². The molecule has 200 valence electrons. The second-order valence-electron chi connectivity index (χ2n) is 9.28. The molecule has 0 spiro atoms. The maximum atomic E-state index is 12.2. The molecule has 0 radical (unpaired) electrons. The topological polar surface area (TPSA) is 84.8 Å². The summed E-state index contributed by atoms with van der Waals surface area (Å²) in [6.07, 6.45) is 2.59. The Kier molecular flexibility index (Phi) is 9.40. The Bertz CT molecular complexity index is 1430. The van der Waals surface area contributed by atoms with Crippen LogP contribution in [-0.4, -0.2) is 41.4 Å². The number of carbonyl (C=O) groups is 1. The third kappa shape index (κ3) is 6.53. The van der Waals surface area contributed by atoms with Gasteiger partial charge in [0.25, 0.3) is 0 Å². The maximum absolute atomic E-state index is 12.2. The number of anilines is 2. The Morgan fingerprint density at radius 1 is 1.11 bits per heavy atom. The second kappa shape index (κ2) is 12.5. The van der Waals surface area contributed by atoms with Crippen LogP contribution in [-0.2, 0) is 11.2 Å². The predicted octanol–water partition coefficient (Wildman–Crippen LogP) is 7.96. The molecule has 0 saturated carbocycles. The number of benzene rings is 1. The van der Waals surface area contributed by atoms with Gasteiger partial charge in [0.15, 0.2) is 5.82 Å². The van der Waals surface area contributed by atoms with Crippen molar-refractivity contribution in [1.82, 2.24) is 9.97 Å². The number of carboxylic acid groups (broad SMARTS) is 1. The highest BCUT2D eigenvalue weighted by Gasteiger charge is 2.24. The van der Waals surface area contributed by atoms with Crippen LogP contribution in [0.25, 0.3) is 21.7 Å². The normalized spacial score (nSPS) is 11.2. The molecule has 3 heterocycles. The number of pyridine rings is 1. The van der Waals surface area contributed by atoms with Crippen LogP contribution in [0.5, 0.6) is 5.75 Å². The van der Waals surface area contributed by atoms with Crippen molar-refractivity contribution in [2.45, 2.75) is 34.1 Å². The van der Waals surface area contributed by atoms with Gasteiger partial charge in [-0.05, 0) is 68.1 Å². The minimum absolute atomic E-state index is 0.138. The number of halogens is 1. The van der Waals surface area contributed by atoms with Crippen LogP contribution < -0.4 is 7.85 Å². The number of thiophene rings is 1. The van der Waals surface area contributed by atoms with Gasteiger partial charge in [0, 0.05) is 39.1 Å². The van der Waals surface area contributed by atoms with E-state index < -0.39 is 5.97 Å². The zero-order valence-corrected chi connectivity index (χ0v) is 25.7. The summed E-state index contributed by atoms with van der Waals surface area (Å²) in [4.78, 5) is 25.1. The highest BCUT2D eigenvalue weighted by Crippen LogP contribution is 2.41. The van der Waals surface area contributed by atoms with Crippen molar-refractivity contribution >= 4 is 62.5 Å². The fraction of sp³-hybridized carbons (Fsp3) is 0.321. The molecular formula is C28H30IN3O4S2. The van der Waals surface area contributed by atoms with Gasteiger partial charge < -0.3 is 14.6 Å². The predicted molar refractivity (Wildman–Crippen MR) is 164 cm³/mol. The number of aromatic nitrogens is 2. The van der Waals surface area contributed by atoms with Gasteiger partial charge in [-0.25, -0.2) is 17.9 Å². The quantitative estimate of drug-likeness (QED) is 0.0991. The maximum Gasteiger partial charge on any atom is 0.339 e. The molecule has 0 fully saturated rings. The smallest absolute Gasteiger partial charge is 0.339 e. The molecule has 0 aliphatic rings. The summed E-state index contributed by atoms with van der Waals surface area (Å²) in [6, 6.07) is 11.8. The first-order valence-corrected chi connectivity index (χ1v) is 14.8. The Balaban J connectivity index is 1.71. The molecule has 1 aromatic carbocycles. The molecule has 4 aromatic rings. The van der Waals surface area contributed by atoms with E-state index in [4.69, 9.17) is 14.5 Å². The summed E-state index contributed by atoms with van der Waals surface area (Å²) < 4.78 is 12.7. The van der Waals surface area contributed by atoms with Crippen molar-refractivity contribution < 1.29 is 19.4 Å². The van der Waals surface area contributed by atoms with Crippen molar-refractivity contribution in [2.75, 3.05) is 23.4 Å². The van der Waals surface area contributed by atoms with E-state index in [-0.39, 0.29) is 5.56 Å². The van der Waals surface area contributed by atoms with Gasteiger partial charge in [-0.3, -0.25) is 0 Å². The highest BCUT2D eigenvalue weighted by molar-refractivity contribution is 14.1. The van der Waals surface area contributed by atoms with Gasteiger partial charge in [-0.2, -0.15) is 0 Å². The fourth-order valence-electron chi connectivity index (χ4n) is 3.94. The Labute approximate surface area is 245 Å². The Morgan fingerprint density at radius 2 is 1.89 bits per heavy atom. The molecule has 0 saturated heterocycles. The molecule has 38 heavy (non-hydrogen) atoms. The third-order valence-corrected chi connectivity index (χ3v) is 9.10. The van der Waals surface area contributed by atoms with Gasteiger partial charge in [0.05, 0.1) is 35.2 Å². The van der Waals surface area contributed by atoms with Crippen molar-refractivity contribution in [3.63, 3.8) is 0 Å². The molecule has 0 aliphatic carbocycles. The first kappa shape index (κ1) is 28.5. The van der Waals surface area contributed by atoms with E-state index in [0.29, 0.717) is 30.1 Å². The SMILES string of the molecule is COCCOc1ccc(-c2nc(N(I)c3ncc(-c4ccc(C)s4)cc3C(=O)O)sc2CC(C)C)cc1C. The van der Waals surface area contributed by atoms with Gasteiger partial charge in [0.1, 0.15) is 17.9 Å². The van der Waals surface area contributed by atoms with E-state index in [1.54, 1.807) is 45.2 Å². The van der Waals surface area contributed by atoms with Crippen LogP contribution in [0.3, 0.4) is 0 Å². The minimum Gasteiger partial charge on any atom is -0.491 e. The summed E-state index contributed by atoms with van der Waals surface area (Å²) in [7, 11) is 1.65. The van der Waals surface area contributed by atoms with Gasteiger partial charge in [-0.15, -0.1) is 22.7 Å². The van der Waals surface area contributed by atoms with Crippen LogP contribution >= 0.6 is 45.5 Å². The largest absolute Gasteiger partial charge is 0.491 e. The van der Waals surface area contributed by atoms with Crippen molar-refractivity contribution in [2.24, 2.45) is 5.92 Å². The van der Waals surface area contributed by atoms with Gasteiger partial charge in [-0.1, -0.05) is 13.8 Å². The molecule has 0 bridgehead atoms. The molecule has 1 N–H and O–H groups in total. The standard InChI is InChI=1S/C28H30IN3O4S2/c1-16(2)12-24-25(19-7-8-22(17(3)13-19)36-11-10-35-5)31-28(38-24)32(29)26-21(27(33)34)14-20(15-30-26)23-9-6-18(4)37-23/h6-9,13-16H,10-12H2,1-5H3,(H,33,34). The average molecular weight is 664 g/mol. The number of rotatable bonds is 11. The first-order chi connectivity index (χ1) is 18.2. The average Bonchev–Trinajstić information content (AvgIpc) is 3.50. The summed E-state index contributed by atoms with van der Waals surface area (Å²) in [5.41, 5.74) is 3.84. The summed E-state index contributed by atoms with van der Waals surface area (Å²) in [5, 5.41) is 10.7. The number of nitrogens with zero attached hydrogens (tertiary/aromatic N) is 3. The summed E-state index contributed by atoms with van der Waals surface area (Å²) >= 11 is 5.28. The summed E-state index contributed by atoms with van der Waals surface area (Å²) in [5.74, 6) is 0.579. The summed E-state index contributed by atoms with van der Waals surface area (Å²) in [6.45, 7) is 9.42. The molecular weight excluding hydrogens is 633 g/mol. The van der Waals surface area contributed by atoms with E-state index in [9.17, 15) is 9.90 Å². The van der Waals surface area contributed by atoms with E-state index >= 15 is 0 Å². The number of carboxylic acids is 1. The molecule has 0 aliphatic heterocycles. The molecule has 3 aromatic heterocycles. The lowest BCUT2D eigenvalue weighted by Gasteiger charge is -2.15. The van der Waals surface area contributed by atoms with E-state index in [2.05, 4.69) is 47.8 Å². The number of hydrogen-bond acceptors (Lipinski definition) is 8. The molecule has 0 amide bonds. The first-order valence-electron chi connectivity index (χ1n) is 12.2. The number of aryl methyl sites for hydroxylation is 2.